The van der Waals surface area contributed by atoms with Crippen molar-refractivity contribution in [3.05, 3.63) is 53.2 Å². The maximum Gasteiger partial charge on any atom is 0.266 e. The Bertz CT molecular complexity index is 1090. The summed E-state index contributed by atoms with van der Waals surface area (Å²) >= 11 is 0. The summed E-state index contributed by atoms with van der Waals surface area (Å²) in [5.74, 6) is 0.752. The largest absolute Gasteiger partial charge is 0.391 e. The van der Waals surface area contributed by atoms with Crippen LogP contribution in [0.15, 0.2) is 30.5 Å². The van der Waals surface area contributed by atoms with E-state index in [2.05, 4.69) is 20.3 Å². The maximum absolute atomic E-state index is 14.6. The van der Waals surface area contributed by atoms with Crippen molar-refractivity contribution >= 4 is 22.5 Å². The van der Waals surface area contributed by atoms with E-state index in [1.165, 1.54) is 12.1 Å². The SMILES string of the molecule is Cc1nc(N[C@H](C)c2cccc(C(F)F)c2F)c2cc(N3CCC[C@H](O)C3)ncc2n1. The van der Waals surface area contributed by atoms with Gasteiger partial charge in [-0.05, 0) is 32.8 Å². The number of benzene rings is 1. The van der Waals surface area contributed by atoms with Gasteiger partial charge >= 0.3 is 0 Å². The van der Waals surface area contributed by atoms with Gasteiger partial charge in [-0.2, -0.15) is 0 Å². The van der Waals surface area contributed by atoms with Gasteiger partial charge in [0.2, 0.25) is 0 Å². The molecule has 3 heterocycles. The molecule has 2 aromatic heterocycles. The van der Waals surface area contributed by atoms with E-state index < -0.39 is 30.0 Å². The van der Waals surface area contributed by atoms with Gasteiger partial charge in [0.05, 0.1) is 29.4 Å². The summed E-state index contributed by atoms with van der Waals surface area (Å²) < 4.78 is 40.8. The van der Waals surface area contributed by atoms with Crippen LogP contribution in [0.3, 0.4) is 0 Å². The molecule has 6 nitrogen and oxygen atoms in total. The number of hydrogen-bond donors (Lipinski definition) is 2. The number of pyridine rings is 1. The smallest absolute Gasteiger partial charge is 0.266 e. The molecule has 1 aromatic carbocycles. The van der Waals surface area contributed by atoms with Crippen LogP contribution in [-0.4, -0.2) is 39.3 Å². The Morgan fingerprint density at radius 2 is 2.00 bits per heavy atom. The fourth-order valence-corrected chi connectivity index (χ4v) is 3.94. The number of halogens is 3. The van der Waals surface area contributed by atoms with Crippen molar-refractivity contribution in [1.82, 2.24) is 15.0 Å². The van der Waals surface area contributed by atoms with Crippen molar-refractivity contribution in [2.75, 3.05) is 23.3 Å². The lowest BCUT2D eigenvalue weighted by molar-refractivity contribution is 0.146. The highest BCUT2D eigenvalue weighted by Crippen LogP contribution is 2.31. The third-order valence-electron chi connectivity index (χ3n) is 5.51. The minimum absolute atomic E-state index is 0.135. The summed E-state index contributed by atoms with van der Waals surface area (Å²) in [7, 11) is 0. The first-order valence-electron chi connectivity index (χ1n) is 10.2. The number of hydrogen-bond acceptors (Lipinski definition) is 6. The highest BCUT2D eigenvalue weighted by Gasteiger charge is 2.22. The van der Waals surface area contributed by atoms with Crippen LogP contribution in [0.2, 0.25) is 0 Å². The lowest BCUT2D eigenvalue weighted by Crippen LogP contribution is -2.38. The normalized spacial score (nSPS) is 17.9. The Labute approximate surface area is 178 Å². The van der Waals surface area contributed by atoms with Gasteiger partial charge in [0.25, 0.3) is 6.43 Å². The number of aliphatic hydroxyl groups excluding tert-OH is 1. The van der Waals surface area contributed by atoms with E-state index in [0.717, 1.165) is 25.5 Å². The second-order valence-electron chi connectivity index (χ2n) is 7.84. The lowest BCUT2D eigenvalue weighted by Gasteiger charge is -2.31. The van der Waals surface area contributed by atoms with Gasteiger partial charge in [0.15, 0.2) is 0 Å². The molecule has 2 N–H and O–H groups in total. The van der Waals surface area contributed by atoms with Gasteiger partial charge in [-0.3, -0.25) is 0 Å². The molecule has 9 heteroatoms. The van der Waals surface area contributed by atoms with E-state index in [9.17, 15) is 18.3 Å². The first kappa shape index (κ1) is 21.3. The summed E-state index contributed by atoms with van der Waals surface area (Å²) in [6, 6.07) is 5.23. The number of rotatable bonds is 5. The van der Waals surface area contributed by atoms with E-state index in [1.807, 2.05) is 11.0 Å². The number of aryl methyl sites for hydroxylation is 1. The van der Waals surface area contributed by atoms with Crippen molar-refractivity contribution in [3.63, 3.8) is 0 Å². The zero-order chi connectivity index (χ0) is 22.1. The predicted molar refractivity (Wildman–Crippen MR) is 113 cm³/mol. The Balaban J connectivity index is 1.70. The van der Waals surface area contributed by atoms with Crippen LogP contribution in [0.1, 0.15) is 49.2 Å². The van der Waals surface area contributed by atoms with Crippen molar-refractivity contribution in [2.24, 2.45) is 0 Å². The van der Waals surface area contributed by atoms with E-state index in [4.69, 9.17) is 0 Å². The van der Waals surface area contributed by atoms with Gasteiger partial charge < -0.3 is 15.3 Å². The molecule has 4 rings (SSSR count). The number of nitrogens with one attached hydrogen (secondary N) is 1. The number of β-amino-alcohol motifs (C(OH)–C–C–N with tert-alkyl or cyclic N) is 1. The van der Waals surface area contributed by atoms with Crippen molar-refractivity contribution in [3.8, 4) is 0 Å². The molecular weight excluding hydrogens is 407 g/mol. The minimum Gasteiger partial charge on any atom is -0.391 e. The second-order valence-corrected chi connectivity index (χ2v) is 7.84. The monoisotopic (exact) mass is 431 g/mol. The van der Waals surface area contributed by atoms with Crippen LogP contribution >= 0.6 is 0 Å². The zero-order valence-electron chi connectivity index (χ0n) is 17.3. The van der Waals surface area contributed by atoms with E-state index in [-0.39, 0.29) is 5.56 Å². The fraction of sp³-hybridized carbons (Fsp3) is 0.409. The summed E-state index contributed by atoms with van der Waals surface area (Å²) in [4.78, 5) is 15.4. The fourth-order valence-electron chi connectivity index (χ4n) is 3.94. The molecule has 0 amide bonds. The highest BCUT2D eigenvalue weighted by atomic mass is 19.3. The zero-order valence-corrected chi connectivity index (χ0v) is 17.3. The molecule has 0 radical (unpaired) electrons. The number of aliphatic hydroxyl groups is 1. The number of fused-ring (bicyclic) bond motifs is 1. The van der Waals surface area contributed by atoms with E-state index >= 15 is 0 Å². The molecule has 0 saturated carbocycles. The lowest BCUT2D eigenvalue weighted by atomic mass is 10.0. The Morgan fingerprint density at radius 3 is 2.74 bits per heavy atom. The Hall–Kier alpha value is -2.94. The first-order chi connectivity index (χ1) is 14.8. The van der Waals surface area contributed by atoms with Crippen LogP contribution in [0.4, 0.5) is 24.8 Å². The van der Waals surface area contributed by atoms with Gasteiger partial charge in [-0.15, -0.1) is 0 Å². The number of aromatic nitrogens is 3. The summed E-state index contributed by atoms with van der Waals surface area (Å²) in [5, 5.41) is 13.8. The van der Waals surface area contributed by atoms with Crippen molar-refractivity contribution in [2.45, 2.75) is 45.3 Å². The van der Waals surface area contributed by atoms with Gasteiger partial charge in [-0.25, -0.2) is 28.1 Å². The molecule has 1 aliphatic rings. The molecule has 31 heavy (non-hydrogen) atoms. The molecule has 0 bridgehead atoms. The molecule has 0 aliphatic carbocycles. The quantitative estimate of drug-likeness (QED) is 0.618. The number of alkyl halides is 2. The molecular formula is C22H24F3N5O. The number of anilines is 2. The van der Waals surface area contributed by atoms with Gasteiger partial charge in [0, 0.05) is 24.0 Å². The minimum atomic E-state index is -2.89. The van der Waals surface area contributed by atoms with Gasteiger partial charge in [0.1, 0.15) is 23.3 Å². The molecule has 164 valence electrons. The second kappa shape index (κ2) is 8.66. The summed E-state index contributed by atoms with van der Waals surface area (Å²) in [6.45, 7) is 4.71. The number of nitrogens with zero attached hydrogens (tertiary/aromatic N) is 4. The van der Waals surface area contributed by atoms with Crippen LogP contribution in [0.25, 0.3) is 10.9 Å². The van der Waals surface area contributed by atoms with Crippen LogP contribution in [0, 0.1) is 12.7 Å². The molecule has 3 aromatic rings. The molecule has 2 atom stereocenters. The molecule has 1 fully saturated rings. The van der Waals surface area contributed by atoms with Crippen LogP contribution in [-0.2, 0) is 0 Å². The maximum atomic E-state index is 14.6. The molecule has 0 unspecified atom stereocenters. The average Bonchev–Trinajstić information content (AvgIpc) is 2.73. The van der Waals surface area contributed by atoms with Gasteiger partial charge in [-0.1, -0.05) is 18.2 Å². The Morgan fingerprint density at radius 1 is 1.23 bits per heavy atom. The van der Waals surface area contributed by atoms with Crippen molar-refractivity contribution in [1.29, 1.82) is 0 Å². The van der Waals surface area contributed by atoms with E-state index in [0.29, 0.717) is 34.9 Å². The molecule has 0 spiro atoms. The third-order valence-corrected chi connectivity index (χ3v) is 5.51. The topological polar surface area (TPSA) is 74.2 Å². The number of piperidine rings is 1. The molecule has 1 saturated heterocycles. The average molecular weight is 431 g/mol. The Kier molecular flexibility index (Phi) is 5.95. The standard InChI is InChI=1S/C22H24F3N5O/c1-12(15-6-3-7-16(20(15)23)21(24)25)27-22-17-9-19(30-8-4-5-14(31)11-30)26-10-18(17)28-13(2)29-22/h3,6-7,9-10,12,14,21,31H,4-5,8,11H2,1-2H3,(H,27,28,29)/t12-,14+/m1/s1. The van der Waals surface area contributed by atoms with Crippen LogP contribution < -0.4 is 10.2 Å². The molecule has 1 aliphatic heterocycles. The third kappa shape index (κ3) is 4.41. The van der Waals surface area contributed by atoms with E-state index in [1.54, 1.807) is 20.0 Å². The first-order valence-corrected chi connectivity index (χ1v) is 10.2. The van der Waals surface area contributed by atoms with Crippen LogP contribution in [0.5, 0.6) is 0 Å². The summed E-state index contributed by atoms with van der Waals surface area (Å²) in [6.07, 6.45) is -0.00701. The highest BCUT2D eigenvalue weighted by molar-refractivity contribution is 5.90. The summed E-state index contributed by atoms with van der Waals surface area (Å²) in [5.41, 5.74) is 0.131. The predicted octanol–water partition coefficient (Wildman–Crippen LogP) is 4.54. The van der Waals surface area contributed by atoms with Crippen molar-refractivity contribution < 1.29 is 18.3 Å².